The summed E-state index contributed by atoms with van der Waals surface area (Å²) in [7, 11) is -3.68. The van der Waals surface area contributed by atoms with Gasteiger partial charge in [0.15, 0.2) is 0 Å². The van der Waals surface area contributed by atoms with Crippen molar-refractivity contribution >= 4 is 56.4 Å². The van der Waals surface area contributed by atoms with Gasteiger partial charge >= 0.3 is 0 Å². The van der Waals surface area contributed by atoms with Crippen molar-refractivity contribution in [2.24, 2.45) is 0 Å². The van der Waals surface area contributed by atoms with Gasteiger partial charge in [0.1, 0.15) is 0 Å². The highest BCUT2D eigenvalue weighted by Crippen LogP contribution is 2.32. The van der Waals surface area contributed by atoms with E-state index in [2.05, 4.69) is 5.32 Å². The molecule has 4 rings (SSSR count). The Kier molecular flexibility index (Phi) is 6.25. The highest BCUT2D eigenvalue weighted by molar-refractivity contribution is 7.89. The van der Waals surface area contributed by atoms with Gasteiger partial charge in [-0.2, -0.15) is 4.31 Å². The quantitative estimate of drug-likeness (QED) is 0.694. The minimum atomic E-state index is -3.68. The summed E-state index contributed by atoms with van der Waals surface area (Å²) >= 11 is 12.5. The number of carbonyl (C=O) groups is 2. The first-order valence-corrected chi connectivity index (χ1v) is 12.2. The standard InChI is InChI=1S/C21H21Cl2N3O4S/c22-17-7-6-15(31(29,30)25-9-1-2-10-25)13-16(17)21(28)24-14-5-8-19(18(23)12-14)26-11-3-4-20(26)27/h5-8,12-13H,1-4,9-11H2,(H,24,28). The van der Waals surface area contributed by atoms with Crippen LogP contribution in [0.25, 0.3) is 0 Å². The van der Waals surface area contributed by atoms with Gasteiger partial charge < -0.3 is 10.2 Å². The number of nitrogens with one attached hydrogen (secondary N) is 1. The Morgan fingerprint density at radius 2 is 1.68 bits per heavy atom. The van der Waals surface area contributed by atoms with Crippen molar-refractivity contribution in [3.05, 3.63) is 52.0 Å². The second-order valence-electron chi connectivity index (χ2n) is 7.52. The minimum absolute atomic E-state index is 0.0153. The average molecular weight is 482 g/mol. The summed E-state index contributed by atoms with van der Waals surface area (Å²) in [6, 6.07) is 8.99. The summed E-state index contributed by atoms with van der Waals surface area (Å²) in [5, 5.41) is 3.18. The minimum Gasteiger partial charge on any atom is -0.322 e. The van der Waals surface area contributed by atoms with Crippen molar-refractivity contribution in [3.8, 4) is 0 Å². The number of hydrogen-bond donors (Lipinski definition) is 1. The third-order valence-electron chi connectivity index (χ3n) is 5.46. The Bertz CT molecular complexity index is 1150. The summed E-state index contributed by atoms with van der Waals surface area (Å²) in [6.07, 6.45) is 2.91. The second kappa shape index (κ2) is 8.78. The van der Waals surface area contributed by atoms with E-state index in [0.717, 1.165) is 19.3 Å². The molecule has 0 unspecified atom stereocenters. The lowest BCUT2D eigenvalue weighted by Crippen LogP contribution is -2.28. The highest BCUT2D eigenvalue weighted by atomic mass is 35.5. The van der Waals surface area contributed by atoms with Crippen LogP contribution in [0.15, 0.2) is 41.3 Å². The summed E-state index contributed by atoms with van der Waals surface area (Å²) in [6.45, 7) is 1.55. The lowest BCUT2D eigenvalue weighted by Gasteiger charge is -2.18. The Balaban J connectivity index is 1.56. The third-order valence-corrected chi connectivity index (χ3v) is 7.98. The fourth-order valence-electron chi connectivity index (χ4n) is 3.82. The maximum absolute atomic E-state index is 12.8. The van der Waals surface area contributed by atoms with Crippen molar-refractivity contribution in [3.63, 3.8) is 0 Å². The molecule has 2 amide bonds. The number of rotatable bonds is 5. The number of sulfonamides is 1. The monoisotopic (exact) mass is 481 g/mol. The molecule has 0 bridgehead atoms. The van der Waals surface area contributed by atoms with Crippen LogP contribution in [-0.4, -0.2) is 44.2 Å². The molecule has 0 spiro atoms. The number of benzene rings is 2. The molecule has 164 valence electrons. The first-order chi connectivity index (χ1) is 14.8. The molecule has 2 fully saturated rings. The van der Waals surface area contributed by atoms with E-state index in [0.29, 0.717) is 42.5 Å². The lowest BCUT2D eigenvalue weighted by molar-refractivity contribution is -0.117. The van der Waals surface area contributed by atoms with Gasteiger partial charge in [-0.25, -0.2) is 8.42 Å². The average Bonchev–Trinajstić information content (AvgIpc) is 3.41. The van der Waals surface area contributed by atoms with Gasteiger partial charge in [-0.15, -0.1) is 0 Å². The molecule has 7 nitrogen and oxygen atoms in total. The van der Waals surface area contributed by atoms with Crippen LogP contribution in [0.1, 0.15) is 36.0 Å². The normalized spacial score (nSPS) is 17.4. The SMILES string of the molecule is O=C(Nc1ccc(N2CCCC2=O)c(Cl)c1)c1cc(S(=O)(=O)N2CCCC2)ccc1Cl. The van der Waals surface area contributed by atoms with E-state index in [9.17, 15) is 18.0 Å². The molecule has 31 heavy (non-hydrogen) atoms. The predicted octanol–water partition coefficient (Wildman–Crippen LogP) is 4.16. The fraction of sp³-hybridized carbons (Fsp3) is 0.333. The molecule has 1 N–H and O–H groups in total. The number of hydrogen-bond acceptors (Lipinski definition) is 4. The maximum atomic E-state index is 12.8. The smallest absolute Gasteiger partial charge is 0.257 e. The molecule has 0 saturated carbocycles. The number of halogens is 2. The fourth-order valence-corrected chi connectivity index (χ4v) is 5.85. The van der Waals surface area contributed by atoms with E-state index >= 15 is 0 Å². The molecule has 0 atom stereocenters. The van der Waals surface area contributed by atoms with Crippen molar-refractivity contribution in [2.75, 3.05) is 29.9 Å². The molecule has 10 heteroatoms. The summed E-state index contributed by atoms with van der Waals surface area (Å²) in [5.41, 5.74) is 1.06. The van der Waals surface area contributed by atoms with Crippen LogP contribution in [0.2, 0.25) is 10.0 Å². The van der Waals surface area contributed by atoms with E-state index in [1.165, 1.54) is 22.5 Å². The molecule has 0 radical (unpaired) electrons. The van der Waals surface area contributed by atoms with Crippen LogP contribution in [0, 0.1) is 0 Å². The zero-order chi connectivity index (χ0) is 22.2. The number of anilines is 2. The first-order valence-electron chi connectivity index (χ1n) is 9.98. The number of amides is 2. The van der Waals surface area contributed by atoms with Gasteiger partial charge in [0.25, 0.3) is 5.91 Å². The number of nitrogens with zero attached hydrogens (tertiary/aromatic N) is 2. The molecule has 2 aromatic rings. The van der Waals surface area contributed by atoms with Crippen molar-refractivity contribution in [1.29, 1.82) is 0 Å². The van der Waals surface area contributed by atoms with Crippen LogP contribution < -0.4 is 10.2 Å². The van der Waals surface area contributed by atoms with Crippen LogP contribution in [0.4, 0.5) is 11.4 Å². The molecule has 0 aliphatic carbocycles. The van der Waals surface area contributed by atoms with Crippen LogP contribution in [0.3, 0.4) is 0 Å². The van der Waals surface area contributed by atoms with Gasteiger partial charge in [0.2, 0.25) is 15.9 Å². The molecule has 2 aliphatic heterocycles. The van der Waals surface area contributed by atoms with Gasteiger partial charge in [0.05, 0.1) is 26.2 Å². The van der Waals surface area contributed by atoms with Gasteiger partial charge in [-0.05, 0) is 55.7 Å². The van der Waals surface area contributed by atoms with Crippen LogP contribution in [0.5, 0.6) is 0 Å². The molecule has 0 aromatic heterocycles. The highest BCUT2D eigenvalue weighted by Gasteiger charge is 2.28. The van der Waals surface area contributed by atoms with E-state index in [-0.39, 0.29) is 21.4 Å². The van der Waals surface area contributed by atoms with Gasteiger partial charge in [-0.3, -0.25) is 9.59 Å². The maximum Gasteiger partial charge on any atom is 0.257 e. The summed E-state index contributed by atoms with van der Waals surface area (Å²) in [5.74, 6) is -0.536. The van der Waals surface area contributed by atoms with Crippen molar-refractivity contribution in [1.82, 2.24) is 4.31 Å². The topological polar surface area (TPSA) is 86.8 Å². The van der Waals surface area contributed by atoms with E-state index in [4.69, 9.17) is 23.2 Å². The zero-order valence-electron chi connectivity index (χ0n) is 16.6. The molecular weight excluding hydrogens is 461 g/mol. The number of carbonyl (C=O) groups excluding carboxylic acids is 2. The Morgan fingerprint density at radius 3 is 2.32 bits per heavy atom. The molecular formula is C21H21Cl2N3O4S. The van der Waals surface area contributed by atoms with Crippen LogP contribution >= 0.6 is 23.2 Å². The molecule has 2 saturated heterocycles. The lowest BCUT2D eigenvalue weighted by atomic mass is 10.2. The Labute approximate surface area is 191 Å². The third kappa shape index (κ3) is 4.43. The summed E-state index contributed by atoms with van der Waals surface area (Å²) in [4.78, 5) is 26.4. The summed E-state index contributed by atoms with van der Waals surface area (Å²) < 4.78 is 27.0. The van der Waals surface area contributed by atoms with Crippen molar-refractivity contribution < 1.29 is 18.0 Å². The zero-order valence-corrected chi connectivity index (χ0v) is 18.9. The van der Waals surface area contributed by atoms with E-state index < -0.39 is 15.9 Å². The van der Waals surface area contributed by atoms with Gasteiger partial charge in [0, 0.05) is 31.7 Å². The molecule has 2 aromatic carbocycles. The predicted molar refractivity (Wildman–Crippen MR) is 120 cm³/mol. The molecule has 2 heterocycles. The largest absolute Gasteiger partial charge is 0.322 e. The van der Waals surface area contributed by atoms with Crippen molar-refractivity contribution in [2.45, 2.75) is 30.6 Å². The molecule has 2 aliphatic rings. The first kappa shape index (κ1) is 22.1. The van der Waals surface area contributed by atoms with E-state index in [1.807, 2.05) is 0 Å². The Morgan fingerprint density at radius 1 is 0.935 bits per heavy atom. The second-order valence-corrected chi connectivity index (χ2v) is 10.3. The van der Waals surface area contributed by atoms with Gasteiger partial charge in [-0.1, -0.05) is 23.2 Å². The Hall–Kier alpha value is -2.13. The van der Waals surface area contributed by atoms with Crippen LogP contribution in [-0.2, 0) is 14.8 Å². The van der Waals surface area contributed by atoms with E-state index in [1.54, 1.807) is 23.1 Å².